The fourth-order valence-corrected chi connectivity index (χ4v) is 3.36. The van der Waals surface area contributed by atoms with Gasteiger partial charge in [0.25, 0.3) is 5.56 Å². The molecule has 0 aliphatic carbocycles. The molecular weight excluding hydrogens is 312 g/mol. The van der Waals surface area contributed by atoms with Crippen LogP contribution in [0, 0.1) is 6.92 Å². The van der Waals surface area contributed by atoms with Crippen LogP contribution < -0.4 is 5.56 Å². The van der Waals surface area contributed by atoms with Crippen molar-refractivity contribution < 1.29 is 9.53 Å². The third kappa shape index (κ3) is 2.66. The Kier molecular flexibility index (Phi) is 4.00. The Morgan fingerprint density at radius 2 is 2.00 bits per heavy atom. The highest BCUT2D eigenvalue weighted by Gasteiger charge is 2.20. The minimum Gasteiger partial charge on any atom is -0.467 e. The number of benzene rings is 1. The van der Waals surface area contributed by atoms with Crippen LogP contribution in [0.5, 0.6) is 0 Å². The summed E-state index contributed by atoms with van der Waals surface area (Å²) in [6.07, 6.45) is 1.40. The molecule has 0 unspecified atom stereocenters. The molecule has 0 spiro atoms. The number of ether oxygens (including phenoxy) is 1. The second-order valence-corrected chi connectivity index (χ2v) is 6.21. The predicted molar refractivity (Wildman–Crippen MR) is 90.8 cm³/mol. The molecule has 1 atom stereocenters. The van der Waals surface area contributed by atoms with Crippen LogP contribution in [-0.2, 0) is 9.53 Å². The molecule has 118 valence electrons. The molecule has 0 radical (unpaired) electrons. The largest absolute Gasteiger partial charge is 0.467 e. The van der Waals surface area contributed by atoms with Gasteiger partial charge in [-0.1, -0.05) is 29.8 Å². The van der Waals surface area contributed by atoms with Crippen LogP contribution in [0.15, 0.2) is 40.8 Å². The van der Waals surface area contributed by atoms with Gasteiger partial charge in [-0.3, -0.25) is 9.36 Å². The van der Waals surface area contributed by atoms with Crippen molar-refractivity contribution in [3.8, 4) is 11.1 Å². The van der Waals surface area contributed by atoms with Crippen molar-refractivity contribution >= 4 is 27.5 Å². The summed E-state index contributed by atoms with van der Waals surface area (Å²) in [5, 5.41) is 2.47. The molecule has 0 saturated carbocycles. The van der Waals surface area contributed by atoms with Crippen molar-refractivity contribution in [3.63, 3.8) is 0 Å². The fraction of sp³-hybridized carbons (Fsp3) is 0.235. The van der Waals surface area contributed by atoms with Crippen LogP contribution in [0.4, 0.5) is 0 Å². The summed E-state index contributed by atoms with van der Waals surface area (Å²) >= 11 is 1.42. The van der Waals surface area contributed by atoms with Gasteiger partial charge in [0.15, 0.2) is 0 Å². The van der Waals surface area contributed by atoms with E-state index in [2.05, 4.69) is 4.98 Å². The lowest BCUT2D eigenvalue weighted by atomic mass is 10.1. The van der Waals surface area contributed by atoms with Crippen LogP contribution >= 0.6 is 11.3 Å². The Balaban J connectivity index is 2.20. The normalized spacial score (nSPS) is 12.3. The monoisotopic (exact) mass is 328 g/mol. The molecule has 0 aliphatic heterocycles. The van der Waals surface area contributed by atoms with E-state index in [0.29, 0.717) is 10.2 Å². The van der Waals surface area contributed by atoms with Crippen molar-refractivity contribution in [3.05, 3.63) is 51.9 Å². The Morgan fingerprint density at radius 3 is 2.65 bits per heavy atom. The molecule has 0 bridgehead atoms. The zero-order valence-corrected chi connectivity index (χ0v) is 13.9. The lowest BCUT2D eigenvalue weighted by Gasteiger charge is -2.12. The van der Waals surface area contributed by atoms with Gasteiger partial charge in [0, 0.05) is 10.9 Å². The van der Waals surface area contributed by atoms with Gasteiger partial charge in [0.1, 0.15) is 10.9 Å². The molecule has 3 rings (SSSR count). The number of hydrogen-bond acceptors (Lipinski definition) is 5. The average Bonchev–Trinajstić information content (AvgIpc) is 2.99. The Hall–Kier alpha value is -2.47. The second-order valence-electron chi connectivity index (χ2n) is 5.35. The van der Waals surface area contributed by atoms with E-state index in [-0.39, 0.29) is 5.56 Å². The van der Waals surface area contributed by atoms with Gasteiger partial charge in [-0.25, -0.2) is 9.78 Å². The Labute approximate surface area is 137 Å². The smallest absolute Gasteiger partial charge is 0.328 e. The lowest BCUT2D eigenvalue weighted by Crippen LogP contribution is -2.29. The van der Waals surface area contributed by atoms with Gasteiger partial charge in [-0.05, 0) is 19.4 Å². The van der Waals surface area contributed by atoms with E-state index in [9.17, 15) is 9.59 Å². The summed E-state index contributed by atoms with van der Waals surface area (Å²) in [4.78, 5) is 29.5. The number of carbonyl (C=O) groups excluding carboxylic acids is 1. The van der Waals surface area contributed by atoms with Crippen LogP contribution in [0.25, 0.3) is 21.3 Å². The molecule has 0 fully saturated rings. The van der Waals surface area contributed by atoms with Crippen LogP contribution in [0.3, 0.4) is 0 Å². The highest BCUT2D eigenvalue weighted by atomic mass is 32.1. The third-order valence-corrected chi connectivity index (χ3v) is 4.73. The van der Waals surface area contributed by atoms with E-state index in [1.165, 1.54) is 29.3 Å². The topological polar surface area (TPSA) is 61.2 Å². The molecule has 0 aliphatic rings. The first kappa shape index (κ1) is 15.4. The number of rotatable bonds is 3. The number of hydrogen-bond donors (Lipinski definition) is 0. The van der Waals surface area contributed by atoms with Crippen LogP contribution in [0.2, 0.25) is 0 Å². The predicted octanol–water partition coefficient (Wildman–Crippen LogP) is 3.17. The molecule has 2 heterocycles. The zero-order chi connectivity index (χ0) is 16.6. The molecule has 3 aromatic rings. The summed E-state index contributed by atoms with van der Waals surface area (Å²) in [6, 6.07) is 7.26. The quantitative estimate of drug-likeness (QED) is 0.693. The minimum absolute atomic E-state index is 0.232. The first-order valence-corrected chi connectivity index (χ1v) is 8.04. The molecule has 5 nitrogen and oxygen atoms in total. The van der Waals surface area contributed by atoms with Gasteiger partial charge < -0.3 is 4.74 Å². The maximum absolute atomic E-state index is 12.8. The Bertz CT molecular complexity index is 925. The molecule has 2 aromatic heterocycles. The molecule has 1 aromatic carbocycles. The van der Waals surface area contributed by atoms with Gasteiger partial charge in [-0.2, -0.15) is 0 Å². The number of esters is 1. The van der Waals surface area contributed by atoms with Crippen molar-refractivity contribution in [1.29, 1.82) is 0 Å². The van der Waals surface area contributed by atoms with Crippen LogP contribution in [-0.4, -0.2) is 22.6 Å². The Morgan fingerprint density at radius 1 is 1.30 bits per heavy atom. The van der Waals surface area contributed by atoms with Gasteiger partial charge in [0.2, 0.25) is 0 Å². The first-order chi connectivity index (χ1) is 11.0. The van der Waals surface area contributed by atoms with Gasteiger partial charge in [-0.15, -0.1) is 11.3 Å². The fourth-order valence-electron chi connectivity index (χ4n) is 2.45. The maximum Gasteiger partial charge on any atom is 0.328 e. The van der Waals surface area contributed by atoms with Crippen molar-refractivity contribution in [2.75, 3.05) is 7.11 Å². The van der Waals surface area contributed by atoms with E-state index in [1.807, 2.05) is 36.6 Å². The van der Waals surface area contributed by atoms with Crippen LogP contribution in [0.1, 0.15) is 18.5 Å². The van der Waals surface area contributed by atoms with Gasteiger partial charge in [0.05, 0.1) is 18.8 Å². The second kappa shape index (κ2) is 5.96. The highest BCUT2D eigenvalue weighted by Crippen LogP contribution is 2.31. The molecule has 0 amide bonds. The summed E-state index contributed by atoms with van der Waals surface area (Å²) in [5.41, 5.74) is 2.73. The number of methoxy groups -OCH3 is 1. The highest BCUT2D eigenvalue weighted by molar-refractivity contribution is 7.17. The molecule has 6 heteroatoms. The van der Waals surface area contributed by atoms with E-state index in [0.717, 1.165) is 16.7 Å². The summed E-state index contributed by atoms with van der Waals surface area (Å²) in [6.45, 7) is 3.64. The SMILES string of the molecule is COC(=O)[C@H](C)n1cnc2scc(-c3ccc(C)cc3)c2c1=O. The van der Waals surface area contributed by atoms with Gasteiger partial charge >= 0.3 is 5.97 Å². The molecule has 0 saturated heterocycles. The first-order valence-electron chi connectivity index (χ1n) is 7.16. The average molecular weight is 328 g/mol. The number of nitrogens with zero attached hydrogens (tertiary/aromatic N) is 2. The summed E-state index contributed by atoms with van der Waals surface area (Å²) in [5.74, 6) is -0.472. The third-order valence-electron chi connectivity index (χ3n) is 3.84. The van der Waals surface area contributed by atoms with Crippen molar-refractivity contribution in [2.24, 2.45) is 0 Å². The molecular formula is C17H16N2O3S. The lowest BCUT2D eigenvalue weighted by molar-refractivity contribution is -0.144. The van der Waals surface area contributed by atoms with E-state index < -0.39 is 12.0 Å². The summed E-state index contributed by atoms with van der Waals surface area (Å²) < 4.78 is 6.04. The van der Waals surface area contributed by atoms with E-state index in [4.69, 9.17) is 4.74 Å². The molecule has 0 N–H and O–H groups in total. The number of carbonyl (C=O) groups is 1. The van der Waals surface area contributed by atoms with Crippen molar-refractivity contribution in [2.45, 2.75) is 19.9 Å². The van der Waals surface area contributed by atoms with E-state index >= 15 is 0 Å². The maximum atomic E-state index is 12.8. The number of aromatic nitrogens is 2. The molecule has 23 heavy (non-hydrogen) atoms. The minimum atomic E-state index is -0.713. The zero-order valence-electron chi connectivity index (χ0n) is 13.1. The van der Waals surface area contributed by atoms with E-state index in [1.54, 1.807) is 6.92 Å². The number of fused-ring (bicyclic) bond motifs is 1. The summed E-state index contributed by atoms with van der Waals surface area (Å²) in [7, 11) is 1.30. The van der Waals surface area contributed by atoms with Crippen molar-refractivity contribution in [1.82, 2.24) is 9.55 Å². The number of thiophene rings is 1. The number of aryl methyl sites for hydroxylation is 1. The standard InChI is InChI=1S/C17H16N2O3S/c1-10-4-6-12(7-5-10)13-8-23-15-14(13)16(20)19(9-18-15)11(2)17(21)22-3/h4-9,11H,1-3H3/t11-/m0/s1.